The number of aromatic nitrogens is 4. The summed E-state index contributed by atoms with van der Waals surface area (Å²) in [4.78, 5) is 37.8. The lowest BCUT2D eigenvalue weighted by Gasteiger charge is -2.58. The third-order valence-corrected chi connectivity index (χ3v) is 11.1. The van der Waals surface area contributed by atoms with Crippen LogP contribution in [-0.2, 0) is 9.53 Å². The maximum absolute atomic E-state index is 13.9. The Morgan fingerprint density at radius 2 is 1.98 bits per heavy atom. The minimum absolute atomic E-state index is 0.00233. The average Bonchev–Trinajstić information content (AvgIpc) is 3.62. The summed E-state index contributed by atoms with van der Waals surface area (Å²) in [6.45, 7) is 4.29. The number of nitrogens with one attached hydrogen (secondary N) is 2. The lowest BCUT2D eigenvalue weighted by atomic mass is 9.46. The first-order chi connectivity index (χ1) is 19.6. The molecule has 2 aromatic rings. The van der Waals surface area contributed by atoms with Gasteiger partial charge in [0.2, 0.25) is 5.91 Å². The van der Waals surface area contributed by atoms with Crippen LogP contribution in [0.2, 0.25) is 0 Å². The Kier molecular flexibility index (Phi) is 5.89. The summed E-state index contributed by atoms with van der Waals surface area (Å²) in [6.07, 6.45) is 16.3. The number of rotatable bonds is 9. The number of carbonyl (C=O) groups is 3. The van der Waals surface area contributed by atoms with E-state index in [9.17, 15) is 14.4 Å². The van der Waals surface area contributed by atoms with Crippen LogP contribution in [0.15, 0.2) is 30.7 Å². The average molecular weight is 562 g/mol. The normalized spacial score (nSPS) is 33.3. The summed E-state index contributed by atoms with van der Waals surface area (Å²) in [7, 11) is 0. The van der Waals surface area contributed by atoms with E-state index in [0.717, 1.165) is 51.4 Å². The standard InChI is InChI=1S/C30H39N7O4/c1-28(2,35-24(38)18-5-3-6-18)7-10-37-26(36-9-4-8-32-36)22(16-33-37)25(39)34-23-19-11-21-15-29(17-41-27(31)40)12-20(23)14-30(21,29)13-19/h4,7-10,16,18-21,23H,3,5-6,11-15,17H2,1-2H3,(H2,31,40)(H,34,39)(H,35,38)/b10-7+. The van der Waals surface area contributed by atoms with Gasteiger partial charge in [0.25, 0.3) is 5.91 Å². The van der Waals surface area contributed by atoms with Crippen LogP contribution in [0.1, 0.15) is 75.6 Å². The molecule has 2 heterocycles. The van der Waals surface area contributed by atoms with E-state index in [1.807, 2.05) is 26.0 Å². The molecule has 1 spiro atoms. The zero-order valence-electron chi connectivity index (χ0n) is 23.7. The van der Waals surface area contributed by atoms with Gasteiger partial charge in [-0.2, -0.15) is 10.2 Å². The Morgan fingerprint density at radius 3 is 2.68 bits per heavy atom. The predicted molar refractivity (Wildman–Crippen MR) is 149 cm³/mol. The number of primary amides is 1. The van der Waals surface area contributed by atoms with Gasteiger partial charge in [-0.25, -0.2) is 14.2 Å². The first-order valence-electron chi connectivity index (χ1n) is 14.9. The molecular formula is C30H39N7O4. The summed E-state index contributed by atoms with van der Waals surface area (Å²) in [5.41, 5.74) is 5.41. The molecule has 5 fully saturated rings. The number of amides is 3. The van der Waals surface area contributed by atoms with Gasteiger partial charge in [0.15, 0.2) is 5.82 Å². The number of ether oxygens (including phenoxy) is 1. The Hall–Kier alpha value is -3.63. The molecule has 3 bridgehead atoms. The van der Waals surface area contributed by atoms with E-state index in [2.05, 4.69) is 20.8 Å². The monoisotopic (exact) mass is 561 g/mol. The third kappa shape index (κ3) is 4.10. The summed E-state index contributed by atoms with van der Waals surface area (Å²) < 4.78 is 8.64. The molecule has 0 radical (unpaired) electrons. The molecule has 5 aliphatic rings. The van der Waals surface area contributed by atoms with E-state index in [4.69, 9.17) is 10.5 Å². The molecule has 0 aliphatic heterocycles. The van der Waals surface area contributed by atoms with Gasteiger partial charge in [-0.05, 0) is 94.1 Å². The number of hydrogen-bond acceptors (Lipinski definition) is 6. The van der Waals surface area contributed by atoms with Crippen molar-refractivity contribution in [1.29, 1.82) is 0 Å². The lowest BCUT2D eigenvalue weighted by molar-refractivity contribution is -0.129. The highest BCUT2D eigenvalue weighted by Gasteiger charge is 2.76. The number of hydrogen-bond donors (Lipinski definition) is 3. The minimum Gasteiger partial charge on any atom is -0.449 e. The molecular weight excluding hydrogens is 522 g/mol. The zero-order valence-corrected chi connectivity index (χ0v) is 23.7. The largest absolute Gasteiger partial charge is 0.449 e. The number of nitrogens with two attached hydrogens (primary N) is 1. The minimum atomic E-state index is -0.707. The van der Waals surface area contributed by atoms with E-state index >= 15 is 0 Å². The van der Waals surface area contributed by atoms with Crippen LogP contribution in [0.3, 0.4) is 0 Å². The van der Waals surface area contributed by atoms with Crippen molar-refractivity contribution in [2.75, 3.05) is 6.61 Å². The van der Waals surface area contributed by atoms with E-state index in [1.54, 1.807) is 34.2 Å². The summed E-state index contributed by atoms with van der Waals surface area (Å²) in [5.74, 6) is 1.96. The van der Waals surface area contributed by atoms with Crippen LogP contribution in [0, 0.1) is 34.5 Å². The second kappa shape index (κ2) is 9.19. The Bertz CT molecular complexity index is 1410. The quantitative estimate of drug-likeness (QED) is 0.428. The molecule has 0 saturated heterocycles. The fourth-order valence-corrected chi connectivity index (χ4v) is 9.06. The van der Waals surface area contributed by atoms with Crippen LogP contribution in [0.25, 0.3) is 12.0 Å². The molecule has 5 saturated carbocycles. The fraction of sp³-hybridized carbons (Fsp3) is 0.633. The molecule has 218 valence electrons. The van der Waals surface area contributed by atoms with Gasteiger partial charge in [0, 0.05) is 36.0 Å². The molecule has 4 N–H and O–H groups in total. The molecule has 2 aromatic heterocycles. The van der Waals surface area contributed by atoms with Crippen molar-refractivity contribution in [2.24, 2.45) is 40.2 Å². The molecule has 3 amide bonds. The summed E-state index contributed by atoms with van der Waals surface area (Å²) >= 11 is 0. The topological polar surface area (TPSA) is 146 Å². The highest BCUT2D eigenvalue weighted by atomic mass is 16.5. The van der Waals surface area contributed by atoms with Crippen molar-refractivity contribution in [3.05, 3.63) is 36.3 Å². The maximum Gasteiger partial charge on any atom is 0.404 e. The Labute approximate surface area is 239 Å². The first-order valence-corrected chi connectivity index (χ1v) is 14.9. The van der Waals surface area contributed by atoms with E-state index in [-0.39, 0.29) is 34.6 Å². The molecule has 41 heavy (non-hydrogen) atoms. The highest BCUT2D eigenvalue weighted by Crippen LogP contribution is 2.81. The second-order valence-electron chi connectivity index (χ2n) is 13.7. The predicted octanol–water partition coefficient (Wildman–Crippen LogP) is 3.25. The smallest absolute Gasteiger partial charge is 0.404 e. The van der Waals surface area contributed by atoms with E-state index in [1.165, 1.54) is 0 Å². The van der Waals surface area contributed by atoms with Crippen LogP contribution in [0.5, 0.6) is 0 Å². The van der Waals surface area contributed by atoms with Crippen molar-refractivity contribution in [2.45, 2.75) is 76.8 Å². The SMILES string of the molecule is CC(C)(/C=C/n1ncc(C(=O)NC2C3CC4CC5(COC(N)=O)CC2CC45C3)c1-n1cccn1)NC(=O)C1CCC1. The van der Waals surface area contributed by atoms with Crippen LogP contribution < -0.4 is 16.4 Å². The first kappa shape index (κ1) is 26.3. The van der Waals surface area contributed by atoms with Crippen LogP contribution >= 0.6 is 0 Å². The second-order valence-corrected chi connectivity index (χ2v) is 13.7. The molecule has 0 aromatic carbocycles. The Balaban J connectivity index is 1.10. The van der Waals surface area contributed by atoms with Crippen molar-refractivity contribution in [3.63, 3.8) is 0 Å². The molecule has 7 rings (SSSR count). The van der Waals surface area contributed by atoms with Gasteiger partial charge in [-0.15, -0.1) is 0 Å². The molecule has 6 atom stereocenters. The summed E-state index contributed by atoms with van der Waals surface area (Å²) in [5, 5.41) is 15.5. The lowest BCUT2D eigenvalue weighted by Crippen LogP contribution is -2.55. The van der Waals surface area contributed by atoms with Crippen molar-refractivity contribution in [3.8, 4) is 5.82 Å². The fourth-order valence-electron chi connectivity index (χ4n) is 9.06. The van der Waals surface area contributed by atoms with E-state index in [0.29, 0.717) is 35.7 Å². The van der Waals surface area contributed by atoms with Gasteiger partial charge in [0.05, 0.1) is 18.3 Å². The molecule has 11 nitrogen and oxygen atoms in total. The van der Waals surface area contributed by atoms with E-state index < -0.39 is 11.6 Å². The van der Waals surface area contributed by atoms with Crippen molar-refractivity contribution >= 4 is 24.1 Å². The van der Waals surface area contributed by atoms with Crippen LogP contribution in [-0.4, -0.2) is 55.7 Å². The van der Waals surface area contributed by atoms with Gasteiger partial charge < -0.3 is 21.1 Å². The third-order valence-electron chi connectivity index (χ3n) is 11.1. The number of carbonyl (C=O) groups excluding carboxylic acids is 3. The molecule has 11 heteroatoms. The van der Waals surface area contributed by atoms with Gasteiger partial charge >= 0.3 is 6.09 Å². The van der Waals surface area contributed by atoms with Crippen molar-refractivity contribution in [1.82, 2.24) is 30.2 Å². The highest BCUT2D eigenvalue weighted by molar-refractivity contribution is 5.97. The van der Waals surface area contributed by atoms with Gasteiger partial charge in [-0.3, -0.25) is 9.59 Å². The van der Waals surface area contributed by atoms with Crippen LogP contribution in [0.4, 0.5) is 4.79 Å². The van der Waals surface area contributed by atoms with Crippen molar-refractivity contribution < 1.29 is 19.1 Å². The summed E-state index contributed by atoms with van der Waals surface area (Å²) in [6, 6.07) is 1.88. The Morgan fingerprint density at radius 1 is 1.17 bits per heavy atom. The zero-order chi connectivity index (χ0) is 28.6. The number of fused-ring (bicyclic) bond motifs is 2. The molecule has 5 aliphatic carbocycles. The molecule has 6 unspecified atom stereocenters. The number of nitrogens with zero attached hydrogens (tertiary/aromatic N) is 4. The maximum atomic E-state index is 13.9. The van der Waals surface area contributed by atoms with Gasteiger partial charge in [-0.1, -0.05) is 6.42 Å². The van der Waals surface area contributed by atoms with Gasteiger partial charge in [0.1, 0.15) is 5.56 Å².